The molecule has 0 fully saturated rings. The van der Waals surface area contributed by atoms with Crippen LogP contribution in [-0.4, -0.2) is 14.2 Å². The maximum Gasteiger partial charge on any atom is 0.230 e. The molecule has 0 saturated heterocycles. The Hall–Kier alpha value is -0.390. The standard InChI is InChI=1S/C3H6N2O2S/c1-2-3-8(6,7)5-4/h2,5H,1,3H2. The summed E-state index contributed by atoms with van der Waals surface area (Å²) in [6.45, 7) is 3.16. The summed E-state index contributed by atoms with van der Waals surface area (Å²) >= 11 is 0. The van der Waals surface area contributed by atoms with Crippen LogP contribution in [0.3, 0.4) is 0 Å². The van der Waals surface area contributed by atoms with Gasteiger partial charge in [-0.1, -0.05) is 6.08 Å². The second-order valence-corrected chi connectivity index (χ2v) is 2.91. The Bertz CT molecular complexity index is 160. The molecule has 8 heavy (non-hydrogen) atoms. The molecule has 5 heteroatoms. The van der Waals surface area contributed by atoms with Crippen LogP contribution in [0, 0.1) is 0 Å². The lowest BCUT2D eigenvalue weighted by Crippen LogP contribution is -2.23. The summed E-state index contributed by atoms with van der Waals surface area (Å²) < 4.78 is 20.3. The number of sulfonamides is 1. The summed E-state index contributed by atoms with van der Waals surface area (Å²) in [4.78, 5) is 1.14. The van der Waals surface area contributed by atoms with Crippen LogP contribution in [0.1, 0.15) is 0 Å². The third-order valence-corrected chi connectivity index (χ3v) is 1.43. The summed E-state index contributed by atoms with van der Waals surface area (Å²) in [5.41, 5.74) is 0. The van der Waals surface area contributed by atoms with E-state index in [1.54, 1.807) is 0 Å². The quantitative estimate of drug-likeness (QED) is 0.400. The van der Waals surface area contributed by atoms with Crippen LogP contribution in [0.4, 0.5) is 0 Å². The van der Waals surface area contributed by atoms with Crippen LogP contribution in [-0.2, 0) is 10.0 Å². The first kappa shape index (κ1) is 7.61. The van der Waals surface area contributed by atoms with Crippen molar-refractivity contribution in [1.29, 1.82) is 0 Å². The minimum absolute atomic E-state index is 0.260. The third kappa shape index (κ3) is 2.73. The Kier molecular flexibility index (Phi) is 2.67. The molecule has 0 atom stereocenters. The highest BCUT2D eigenvalue weighted by Crippen LogP contribution is 1.78. The molecule has 0 spiro atoms. The lowest BCUT2D eigenvalue weighted by Gasteiger charge is -1.90. The molecule has 46 valence electrons. The van der Waals surface area contributed by atoms with Crippen molar-refractivity contribution in [2.24, 2.45) is 0 Å². The Morgan fingerprint density at radius 1 is 1.75 bits per heavy atom. The molecule has 4 nitrogen and oxygen atoms in total. The van der Waals surface area contributed by atoms with Gasteiger partial charge in [0.1, 0.15) is 0 Å². The highest BCUT2D eigenvalue weighted by atomic mass is 32.2. The molecule has 0 aromatic carbocycles. The van der Waals surface area contributed by atoms with Gasteiger partial charge in [-0.25, -0.2) is 8.42 Å². The van der Waals surface area contributed by atoms with Gasteiger partial charge in [-0.3, -0.25) is 0 Å². The van der Waals surface area contributed by atoms with Gasteiger partial charge in [0.2, 0.25) is 10.0 Å². The van der Waals surface area contributed by atoms with Crippen LogP contribution in [0.25, 0.3) is 0 Å². The molecule has 0 aliphatic carbocycles. The van der Waals surface area contributed by atoms with Crippen molar-refractivity contribution in [2.45, 2.75) is 0 Å². The monoisotopic (exact) mass is 134 g/mol. The molecule has 0 unspecified atom stereocenters. The van der Waals surface area contributed by atoms with E-state index in [-0.39, 0.29) is 5.75 Å². The van der Waals surface area contributed by atoms with Gasteiger partial charge in [0.15, 0.2) is 0 Å². The van der Waals surface area contributed by atoms with Crippen LogP contribution >= 0.6 is 0 Å². The van der Waals surface area contributed by atoms with E-state index in [0.717, 1.165) is 4.83 Å². The molecule has 0 bridgehead atoms. The van der Waals surface area contributed by atoms with E-state index >= 15 is 0 Å². The maximum atomic E-state index is 10.2. The Morgan fingerprint density at radius 2 is 2.25 bits per heavy atom. The van der Waals surface area contributed by atoms with Gasteiger partial charge >= 0.3 is 0 Å². The average molecular weight is 134 g/mol. The molecule has 0 aromatic rings. The summed E-state index contributed by atoms with van der Waals surface area (Å²) in [6.07, 6.45) is 1.18. The molecular formula is C3H6N2O2S. The highest BCUT2D eigenvalue weighted by Gasteiger charge is 2.01. The number of nitrogens with one attached hydrogen (secondary N) is 1. The average Bonchev–Trinajstić information content (AvgIpc) is 1.67. The molecule has 0 aliphatic rings. The van der Waals surface area contributed by atoms with Gasteiger partial charge in [-0.05, 0) is 5.84 Å². The second-order valence-electron chi connectivity index (χ2n) is 1.16. The van der Waals surface area contributed by atoms with Gasteiger partial charge < -0.3 is 0 Å². The molecule has 2 radical (unpaired) electrons. The third-order valence-electron chi connectivity index (χ3n) is 0.476. The van der Waals surface area contributed by atoms with Crippen molar-refractivity contribution in [1.82, 2.24) is 10.7 Å². The zero-order chi connectivity index (χ0) is 6.62. The SMILES string of the molecule is C=CCS(=O)(=O)N[N]. The minimum Gasteiger partial charge on any atom is -0.211 e. The van der Waals surface area contributed by atoms with Gasteiger partial charge in [0, 0.05) is 0 Å². The van der Waals surface area contributed by atoms with E-state index < -0.39 is 10.0 Å². The van der Waals surface area contributed by atoms with Crippen molar-refractivity contribution in [3.63, 3.8) is 0 Å². The summed E-state index contributed by atoms with van der Waals surface area (Å²) in [7, 11) is -3.48. The normalized spacial score (nSPS) is 11.1. The number of nitrogens with zero attached hydrogens (tertiary/aromatic N) is 1. The molecule has 0 rings (SSSR count). The maximum absolute atomic E-state index is 10.2. The van der Waals surface area contributed by atoms with E-state index in [9.17, 15) is 8.42 Å². The predicted octanol–water partition coefficient (Wildman–Crippen LogP) is -0.924. The second kappa shape index (κ2) is 2.81. The largest absolute Gasteiger partial charge is 0.230 e. The van der Waals surface area contributed by atoms with Crippen molar-refractivity contribution in [3.8, 4) is 0 Å². The zero-order valence-corrected chi connectivity index (χ0v) is 4.98. The van der Waals surface area contributed by atoms with E-state index in [0.29, 0.717) is 0 Å². The lowest BCUT2D eigenvalue weighted by atomic mass is 10.8. The highest BCUT2D eigenvalue weighted by molar-refractivity contribution is 7.89. The van der Waals surface area contributed by atoms with Crippen molar-refractivity contribution in [2.75, 3.05) is 5.75 Å². The van der Waals surface area contributed by atoms with E-state index in [1.165, 1.54) is 6.08 Å². The van der Waals surface area contributed by atoms with Crippen LogP contribution in [0.2, 0.25) is 0 Å². The van der Waals surface area contributed by atoms with E-state index in [1.807, 2.05) is 0 Å². The van der Waals surface area contributed by atoms with Gasteiger partial charge in [-0.2, -0.15) is 0 Å². The molecule has 0 aromatic heterocycles. The van der Waals surface area contributed by atoms with Gasteiger partial charge in [-0.15, -0.1) is 11.4 Å². The number of hydrogen-bond donors (Lipinski definition) is 1. The first-order valence-corrected chi connectivity index (χ1v) is 3.52. The summed E-state index contributed by atoms with van der Waals surface area (Å²) in [6, 6.07) is 0. The van der Waals surface area contributed by atoms with Gasteiger partial charge in [0.25, 0.3) is 0 Å². The minimum atomic E-state index is -3.48. The smallest absolute Gasteiger partial charge is 0.211 e. The summed E-state index contributed by atoms with van der Waals surface area (Å²) in [5.74, 6) is 7.58. The fraction of sp³-hybridized carbons (Fsp3) is 0.333. The number of hydrogen-bond acceptors (Lipinski definition) is 2. The molecule has 0 amide bonds. The Balaban J connectivity index is 3.94. The molecule has 1 N–H and O–H groups in total. The molecule has 0 aliphatic heterocycles. The molecular weight excluding hydrogens is 128 g/mol. The first-order valence-electron chi connectivity index (χ1n) is 1.87. The Labute approximate surface area is 48.4 Å². The van der Waals surface area contributed by atoms with Crippen molar-refractivity contribution < 1.29 is 8.42 Å². The number of rotatable bonds is 3. The van der Waals surface area contributed by atoms with Crippen LogP contribution in [0.15, 0.2) is 12.7 Å². The van der Waals surface area contributed by atoms with Crippen LogP contribution in [0.5, 0.6) is 0 Å². The van der Waals surface area contributed by atoms with Crippen molar-refractivity contribution in [3.05, 3.63) is 12.7 Å². The van der Waals surface area contributed by atoms with Gasteiger partial charge in [0.05, 0.1) is 5.75 Å². The lowest BCUT2D eigenvalue weighted by molar-refractivity contribution is 0.585. The fourth-order valence-corrected chi connectivity index (χ4v) is 0.577. The summed E-state index contributed by atoms with van der Waals surface area (Å²) in [5, 5.41) is 0. The fourth-order valence-electron chi connectivity index (χ4n) is 0.192. The molecule has 0 heterocycles. The first-order chi connectivity index (χ1) is 3.62. The van der Waals surface area contributed by atoms with E-state index in [4.69, 9.17) is 5.84 Å². The predicted molar refractivity (Wildman–Crippen MR) is 29.3 cm³/mol. The van der Waals surface area contributed by atoms with Crippen molar-refractivity contribution >= 4 is 10.0 Å². The Morgan fingerprint density at radius 3 is 2.38 bits per heavy atom. The van der Waals surface area contributed by atoms with Crippen LogP contribution < -0.4 is 10.7 Å². The molecule has 0 saturated carbocycles. The topological polar surface area (TPSA) is 68.5 Å². The van der Waals surface area contributed by atoms with E-state index in [2.05, 4.69) is 6.58 Å². The zero-order valence-electron chi connectivity index (χ0n) is 4.16.